The van der Waals surface area contributed by atoms with Crippen molar-refractivity contribution in [2.45, 2.75) is 103 Å². The minimum absolute atomic E-state index is 0.0223. The molecule has 4 N–H and O–H groups in total. The third-order valence-corrected chi connectivity index (χ3v) is 10.3. The first kappa shape index (κ1) is 28.9. The van der Waals surface area contributed by atoms with Crippen LogP contribution in [0.1, 0.15) is 85.5 Å². The highest BCUT2D eigenvalue weighted by Crippen LogP contribution is 2.67. The van der Waals surface area contributed by atoms with Crippen LogP contribution in [0.4, 0.5) is 0 Å². The number of amides is 1. The van der Waals surface area contributed by atoms with Crippen molar-refractivity contribution in [2.24, 2.45) is 28.6 Å². The predicted molar refractivity (Wildman–Crippen MR) is 138 cm³/mol. The summed E-state index contributed by atoms with van der Waals surface area (Å²) in [6.07, 6.45) is 4.65. The summed E-state index contributed by atoms with van der Waals surface area (Å²) in [5, 5.41) is 35.1. The van der Waals surface area contributed by atoms with Gasteiger partial charge in [-0.05, 0) is 81.6 Å². The fourth-order valence-electron chi connectivity index (χ4n) is 8.18. The van der Waals surface area contributed by atoms with Crippen LogP contribution in [0.2, 0.25) is 0 Å². The van der Waals surface area contributed by atoms with Gasteiger partial charge in [0.05, 0.1) is 24.7 Å². The lowest BCUT2D eigenvalue weighted by molar-refractivity contribution is -0.184. The van der Waals surface area contributed by atoms with Crippen molar-refractivity contribution in [3.05, 3.63) is 11.6 Å². The number of fused-ring (bicyclic) bond motifs is 5. The van der Waals surface area contributed by atoms with Crippen LogP contribution in [0, 0.1) is 28.6 Å². The number of aliphatic hydroxyl groups excluding tert-OH is 2. The molecule has 0 spiro atoms. The average molecular weight is 534 g/mol. The molecule has 9 nitrogen and oxygen atoms in total. The number of carbonyl (C=O) groups excluding carboxylic acids is 4. The van der Waals surface area contributed by atoms with E-state index in [1.165, 1.54) is 0 Å². The second-order valence-electron chi connectivity index (χ2n) is 13.2. The molecule has 0 bridgehead atoms. The number of hydrogen-bond acceptors (Lipinski definition) is 8. The maximum atomic E-state index is 13.3. The summed E-state index contributed by atoms with van der Waals surface area (Å²) in [5.41, 5.74) is -2.50. The molecule has 0 heterocycles. The molecule has 4 aliphatic carbocycles. The van der Waals surface area contributed by atoms with E-state index in [1.807, 2.05) is 6.92 Å². The maximum absolute atomic E-state index is 13.3. The molecule has 4 aliphatic rings. The van der Waals surface area contributed by atoms with Gasteiger partial charge in [0.1, 0.15) is 5.60 Å². The fourth-order valence-corrected chi connectivity index (χ4v) is 8.18. The van der Waals surface area contributed by atoms with E-state index in [4.69, 9.17) is 4.74 Å². The molecule has 0 aromatic rings. The topological polar surface area (TPSA) is 150 Å². The Labute approximate surface area is 224 Å². The largest absolute Gasteiger partial charge is 0.458 e. The summed E-state index contributed by atoms with van der Waals surface area (Å²) < 4.78 is 5.16. The Kier molecular flexibility index (Phi) is 7.71. The van der Waals surface area contributed by atoms with Crippen LogP contribution in [0.3, 0.4) is 0 Å². The van der Waals surface area contributed by atoms with Gasteiger partial charge in [0.25, 0.3) is 0 Å². The molecular weight excluding hydrogens is 490 g/mol. The summed E-state index contributed by atoms with van der Waals surface area (Å²) in [7, 11) is 0. The van der Waals surface area contributed by atoms with Gasteiger partial charge in [-0.25, -0.2) is 0 Å². The van der Waals surface area contributed by atoms with Crippen LogP contribution < -0.4 is 5.32 Å². The standard InChI is InChI=1S/C29H43NO8/c1-26(2,16-31)30-23(35)7-8-24(36)38-15-22(34)29(37)12-10-20-19-6-5-17-13-18(32)9-11-27(17,3)25(19)21(33)14-28(20,29)4/h13,19-21,25,31,33,37H,5-12,14-16H2,1-4H3,(H,30,35). The zero-order chi connectivity index (χ0) is 28.1. The molecule has 3 fully saturated rings. The van der Waals surface area contributed by atoms with Crippen LogP contribution in [-0.4, -0.2) is 69.2 Å². The summed E-state index contributed by atoms with van der Waals surface area (Å²) in [6.45, 7) is 6.52. The van der Waals surface area contributed by atoms with Crippen molar-refractivity contribution in [2.75, 3.05) is 13.2 Å². The minimum atomic E-state index is -1.72. The SMILES string of the molecule is CC(C)(CO)NC(=O)CCC(=O)OCC(=O)C1(O)CCC2C3CCC4=CC(=O)CCC4(C)C3C(O)CC21C. The monoisotopic (exact) mass is 533 g/mol. The van der Waals surface area contributed by atoms with Crippen molar-refractivity contribution in [3.63, 3.8) is 0 Å². The first-order chi connectivity index (χ1) is 17.7. The molecule has 0 aromatic heterocycles. The maximum Gasteiger partial charge on any atom is 0.306 e. The number of ether oxygens (including phenoxy) is 1. The average Bonchev–Trinajstić information content (AvgIpc) is 3.12. The second-order valence-corrected chi connectivity index (χ2v) is 13.2. The minimum Gasteiger partial charge on any atom is -0.458 e. The van der Waals surface area contributed by atoms with Gasteiger partial charge in [-0.15, -0.1) is 0 Å². The van der Waals surface area contributed by atoms with Gasteiger partial charge in [-0.2, -0.15) is 0 Å². The Morgan fingerprint density at radius 3 is 2.53 bits per heavy atom. The number of carbonyl (C=O) groups is 4. The molecule has 9 heteroatoms. The summed E-state index contributed by atoms with van der Waals surface area (Å²) >= 11 is 0. The van der Waals surface area contributed by atoms with Crippen LogP contribution in [0.5, 0.6) is 0 Å². The number of rotatable bonds is 8. The summed E-state index contributed by atoms with van der Waals surface area (Å²) in [6, 6.07) is 0. The Morgan fingerprint density at radius 1 is 1.13 bits per heavy atom. The normalized spacial score (nSPS) is 38.4. The zero-order valence-electron chi connectivity index (χ0n) is 23.0. The van der Waals surface area contributed by atoms with Crippen molar-refractivity contribution in [1.29, 1.82) is 0 Å². The van der Waals surface area contributed by atoms with Crippen LogP contribution in [0.15, 0.2) is 11.6 Å². The number of nitrogens with one attached hydrogen (secondary N) is 1. The molecule has 38 heavy (non-hydrogen) atoms. The highest BCUT2D eigenvalue weighted by Gasteiger charge is 2.68. The number of esters is 1. The molecule has 3 saturated carbocycles. The van der Waals surface area contributed by atoms with Gasteiger partial charge in [0.15, 0.2) is 12.4 Å². The lowest BCUT2D eigenvalue weighted by atomic mass is 9.45. The van der Waals surface area contributed by atoms with Crippen molar-refractivity contribution < 1.29 is 39.2 Å². The van der Waals surface area contributed by atoms with E-state index in [-0.39, 0.29) is 61.2 Å². The highest BCUT2D eigenvalue weighted by molar-refractivity contribution is 5.92. The van der Waals surface area contributed by atoms with E-state index in [2.05, 4.69) is 12.2 Å². The number of allylic oxidation sites excluding steroid dienone is 1. The van der Waals surface area contributed by atoms with Gasteiger partial charge in [-0.3, -0.25) is 19.2 Å². The van der Waals surface area contributed by atoms with Gasteiger partial charge in [-0.1, -0.05) is 19.4 Å². The molecular formula is C29H43NO8. The quantitative estimate of drug-likeness (QED) is 0.346. The van der Waals surface area contributed by atoms with Gasteiger partial charge in [0.2, 0.25) is 11.7 Å². The molecule has 4 rings (SSSR count). The van der Waals surface area contributed by atoms with Crippen LogP contribution in [-0.2, 0) is 23.9 Å². The Balaban J connectivity index is 1.40. The molecule has 0 aliphatic heterocycles. The van der Waals surface area contributed by atoms with Gasteiger partial charge in [0, 0.05) is 18.3 Å². The zero-order valence-corrected chi connectivity index (χ0v) is 23.0. The Hall–Kier alpha value is -2.10. The third-order valence-electron chi connectivity index (χ3n) is 10.3. The van der Waals surface area contributed by atoms with E-state index in [9.17, 15) is 34.5 Å². The van der Waals surface area contributed by atoms with Crippen LogP contribution >= 0.6 is 0 Å². The van der Waals surface area contributed by atoms with Gasteiger partial charge >= 0.3 is 5.97 Å². The van der Waals surface area contributed by atoms with E-state index in [0.29, 0.717) is 19.3 Å². The Morgan fingerprint density at radius 2 is 1.84 bits per heavy atom. The predicted octanol–water partition coefficient (Wildman–Crippen LogP) is 2.00. The van der Waals surface area contributed by atoms with Crippen molar-refractivity contribution in [3.8, 4) is 0 Å². The fraction of sp³-hybridized carbons (Fsp3) is 0.793. The molecule has 212 valence electrons. The number of Topliss-reactive ketones (excluding diaryl/α,β-unsaturated/α-hetero) is 1. The summed E-state index contributed by atoms with van der Waals surface area (Å²) in [5.74, 6) is -1.40. The van der Waals surface area contributed by atoms with Gasteiger partial charge < -0.3 is 25.4 Å². The Bertz CT molecular complexity index is 1040. The molecule has 7 unspecified atom stereocenters. The second kappa shape index (κ2) is 10.1. The van der Waals surface area contributed by atoms with E-state index >= 15 is 0 Å². The third kappa shape index (κ3) is 4.86. The van der Waals surface area contributed by atoms with Crippen molar-refractivity contribution in [1.82, 2.24) is 5.32 Å². The highest BCUT2D eigenvalue weighted by atomic mass is 16.5. The number of hydrogen-bond donors (Lipinski definition) is 4. The lowest BCUT2D eigenvalue weighted by Crippen LogP contribution is -2.62. The van der Waals surface area contributed by atoms with E-state index in [1.54, 1.807) is 19.9 Å². The lowest BCUT2D eigenvalue weighted by Gasteiger charge is -2.60. The van der Waals surface area contributed by atoms with Crippen LogP contribution in [0.25, 0.3) is 0 Å². The molecule has 0 radical (unpaired) electrons. The summed E-state index contributed by atoms with van der Waals surface area (Å²) in [4.78, 5) is 49.7. The number of aliphatic hydroxyl groups is 3. The van der Waals surface area contributed by atoms with E-state index < -0.39 is 46.9 Å². The number of ketones is 2. The molecule has 7 atom stereocenters. The molecule has 0 aromatic carbocycles. The van der Waals surface area contributed by atoms with E-state index in [0.717, 1.165) is 18.4 Å². The first-order valence-electron chi connectivity index (χ1n) is 13.9. The molecule has 0 saturated heterocycles. The molecule has 1 amide bonds. The smallest absolute Gasteiger partial charge is 0.306 e. The van der Waals surface area contributed by atoms with Crippen molar-refractivity contribution >= 4 is 23.4 Å². The first-order valence-corrected chi connectivity index (χ1v) is 13.9.